The number of anilines is 1. The second-order valence-corrected chi connectivity index (χ2v) is 9.04. The van der Waals surface area contributed by atoms with Gasteiger partial charge in [-0.2, -0.15) is 0 Å². The van der Waals surface area contributed by atoms with Crippen LogP contribution in [0.15, 0.2) is 67.0 Å². The zero-order chi connectivity index (χ0) is 25.4. The van der Waals surface area contributed by atoms with E-state index in [1.165, 1.54) is 0 Å². The minimum absolute atomic E-state index is 0.361. The molecule has 0 spiro atoms. The summed E-state index contributed by atoms with van der Waals surface area (Å²) in [6.45, 7) is 6.51. The Morgan fingerprint density at radius 3 is 2.32 bits per heavy atom. The molecule has 37 heavy (non-hydrogen) atoms. The molecule has 2 aromatic carbocycles. The summed E-state index contributed by atoms with van der Waals surface area (Å²) in [5.41, 5.74) is 6.93. The van der Waals surface area contributed by atoms with Crippen LogP contribution in [-0.2, 0) is 4.74 Å². The van der Waals surface area contributed by atoms with Crippen LogP contribution in [0.1, 0.15) is 11.4 Å². The molecule has 0 unspecified atom stereocenters. The Balaban J connectivity index is 1.50. The highest BCUT2D eigenvalue weighted by Gasteiger charge is 2.20. The van der Waals surface area contributed by atoms with Crippen LogP contribution in [0.3, 0.4) is 0 Å². The van der Waals surface area contributed by atoms with Crippen molar-refractivity contribution in [3.8, 4) is 33.8 Å². The number of ether oxygens (including phenoxy) is 1. The average molecular weight is 493 g/mol. The molecule has 3 aromatic heterocycles. The predicted molar refractivity (Wildman–Crippen MR) is 142 cm³/mol. The summed E-state index contributed by atoms with van der Waals surface area (Å²) in [5.74, 6) is 0.105. The summed E-state index contributed by atoms with van der Waals surface area (Å²) in [5, 5.41) is 0. The lowest BCUT2D eigenvalue weighted by atomic mass is 10.0. The van der Waals surface area contributed by atoms with Gasteiger partial charge in [0.15, 0.2) is 11.5 Å². The Morgan fingerprint density at radius 2 is 1.54 bits per heavy atom. The molecule has 0 saturated carbocycles. The standard InChI is InChI=1S/C29H25FN6O/c1-18-19(2)33-29-27(32-18)26(24-7-6-23(17-25(24)30)36-12-14-37-15-13-36)34-28(35-29)22-5-3-4-21(16-22)20-8-10-31-11-9-20/h3-11,16-17H,12-15H2,1-2H3. The molecular weight excluding hydrogens is 467 g/mol. The summed E-state index contributed by atoms with van der Waals surface area (Å²) in [6, 6.07) is 17.1. The fourth-order valence-corrected chi connectivity index (χ4v) is 4.53. The molecule has 4 heterocycles. The van der Waals surface area contributed by atoms with E-state index in [0.717, 1.165) is 46.9 Å². The summed E-state index contributed by atoms with van der Waals surface area (Å²) in [4.78, 5) is 25.2. The van der Waals surface area contributed by atoms with E-state index in [4.69, 9.17) is 19.7 Å². The minimum Gasteiger partial charge on any atom is -0.378 e. The van der Waals surface area contributed by atoms with Crippen molar-refractivity contribution in [1.29, 1.82) is 0 Å². The number of hydrogen-bond donors (Lipinski definition) is 0. The van der Waals surface area contributed by atoms with Gasteiger partial charge in [0.2, 0.25) is 0 Å². The quantitative estimate of drug-likeness (QED) is 0.332. The van der Waals surface area contributed by atoms with E-state index in [2.05, 4.69) is 14.9 Å². The van der Waals surface area contributed by atoms with Gasteiger partial charge < -0.3 is 9.64 Å². The van der Waals surface area contributed by atoms with Gasteiger partial charge in [0.1, 0.15) is 17.0 Å². The Hall–Kier alpha value is -4.30. The van der Waals surface area contributed by atoms with Crippen LogP contribution in [0, 0.1) is 19.7 Å². The summed E-state index contributed by atoms with van der Waals surface area (Å²) < 4.78 is 21.1. The van der Waals surface area contributed by atoms with Gasteiger partial charge >= 0.3 is 0 Å². The van der Waals surface area contributed by atoms with Crippen molar-refractivity contribution >= 4 is 16.9 Å². The maximum Gasteiger partial charge on any atom is 0.182 e. The summed E-state index contributed by atoms with van der Waals surface area (Å²) >= 11 is 0. The number of aromatic nitrogens is 5. The number of hydrogen-bond acceptors (Lipinski definition) is 7. The number of halogens is 1. The normalized spacial score (nSPS) is 13.8. The smallest absolute Gasteiger partial charge is 0.182 e. The topological polar surface area (TPSA) is 76.9 Å². The highest BCUT2D eigenvalue weighted by atomic mass is 19.1. The second kappa shape index (κ2) is 9.63. The van der Waals surface area contributed by atoms with E-state index in [-0.39, 0.29) is 5.82 Å². The van der Waals surface area contributed by atoms with Crippen LogP contribution in [0.4, 0.5) is 10.1 Å². The summed E-state index contributed by atoms with van der Waals surface area (Å²) in [6.07, 6.45) is 3.52. The first-order valence-electron chi connectivity index (χ1n) is 12.2. The van der Waals surface area contributed by atoms with E-state index in [1.807, 2.05) is 56.3 Å². The van der Waals surface area contributed by atoms with Gasteiger partial charge in [-0.1, -0.05) is 18.2 Å². The molecule has 0 amide bonds. The molecule has 1 fully saturated rings. The predicted octanol–water partition coefficient (Wildman–Crippen LogP) is 5.41. The molecule has 5 aromatic rings. The molecule has 0 aliphatic carbocycles. The monoisotopic (exact) mass is 492 g/mol. The number of benzene rings is 2. The van der Waals surface area contributed by atoms with Crippen LogP contribution >= 0.6 is 0 Å². The van der Waals surface area contributed by atoms with E-state index >= 15 is 4.39 Å². The van der Waals surface area contributed by atoms with Crippen LogP contribution in [0.25, 0.3) is 44.9 Å². The molecule has 0 radical (unpaired) electrons. The Morgan fingerprint density at radius 1 is 0.784 bits per heavy atom. The first kappa shape index (κ1) is 23.1. The minimum atomic E-state index is -0.361. The first-order chi connectivity index (χ1) is 18.1. The van der Waals surface area contributed by atoms with E-state index in [1.54, 1.807) is 24.5 Å². The highest BCUT2D eigenvalue weighted by molar-refractivity contribution is 5.89. The van der Waals surface area contributed by atoms with Gasteiger partial charge in [-0.3, -0.25) is 4.98 Å². The molecule has 7 nitrogen and oxygen atoms in total. The molecule has 0 bridgehead atoms. The zero-order valence-corrected chi connectivity index (χ0v) is 20.6. The fraction of sp³-hybridized carbons (Fsp3) is 0.207. The summed E-state index contributed by atoms with van der Waals surface area (Å²) in [7, 11) is 0. The number of pyridine rings is 1. The largest absolute Gasteiger partial charge is 0.378 e. The number of morpholine rings is 1. The molecule has 1 aliphatic heterocycles. The van der Waals surface area contributed by atoms with Gasteiger partial charge in [0.05, 0.1) is 24.6 Å². The van der Waals surface area contributed by atoms with Crippen molar-refractivity contribution in [3.05, 3.63) is 84.2 Å². The molecule has 1 aliphatic rings. The van der Waals surface area contributed by atoms with Crippen molar-refractivity contribution in [1.82, 2.24) is 24.9 Å². The van der Waals surface area contributed by atoms with Gasteiger partial charge in [-0.15, -0.1) is 0 Å². The van der Waals surface area contributed by atoms with Crippen molar-refractivity contribution in [3.63, 3.8) is 0 Å². The molecule has 0 N–H and O–H groups in total. The maximum atomic E-state index is 15.6. The van der Waals surface area contributed by atoms with Crippen LogP contribution in [0.5, 0.6) is 0 Å². The number of aryl methyl sites for hydroxylation is 2. The Labute approximate surface area is 214 Å². The third-order valence-corrected chi connectivity index (χ3v) is 6.66. The number of nitrogens with zero attached hydrogens (tertiary/aromatic N) is 6. The molecule has 184 valence electrons. The molecule has 8 heteroatoms. The Bertz CT molecular complexity index is 1600. The number of rotatable bonds is 4. The van der Waals surface area contributed by atoms with E-state index in [0.29, 0.717) is 41.5 Å². The van der Waals surface area contributed by atoms with Gasteiger partial charge in [-0.25, -0.2) is 24.3 Å². The second-order valence-electron chi connectivity index (χ2n) is 9.04. The van der Waals surface area contributed by atoms with Crippen molar-refractivity contribution in [2.24, 2.45) is 0 Å². The molecule has 1 saturated heterocycles. The molecular formula is C29H25FN6O. The third kappa shape index (κ3) is 4.51. The SMILES string of the molecule is Cc1nc2nc(-c3cccc(-c4ccncc4)c3)nc(-c3ccc(N4CCOCC4)cc3F)c2nc1C. The van der Waals surface area contributed by atoms with Crippen molar-refractivity contribution < 1.29 is 9.13 Å². The zero-order valence-electron chi connectivity index (χ0n) is 20.6. The molecule has 0 atom stereocenters. The molecule has 6 rings (SSSR count). The lowest BCUT2D eigenvalue weighted by molar-refractivity contribution is 0.122. The maximum absolute atomic E-state index is 15.6. The first-order valence-corrected chi connectivity index (χ1v) is 12.2. The lowest BCUT2D eigenvalue weighted by Crippen LogP contribution is -2.36. The average Bonchev–Trinajstić information content (AvgIpc) is 2.94. The van der Waals surface area contributed by atoms with Gasteiger partial charge in [0, 0.05) is 42.3 Å². The third-order valence-electron chi connectivity index (χ3n) is 6.66. The van der Waals surface area contributed by atoms with Crippen molar-refractivity contribution in [2.75, 3.05) is 31.2 Å². The van der Waals surface area contributed by atoms with E-state index < -0.39 is 0 Å². The van der Waals surface area contributed by atoms with Crippen molar-refractivity contribution in [2.45, 2.75) is 13.8 Å². The highest BCUT2D eigenvalue weighted by Crippen LogP contribution is 2.33. The van der Waals surface area contributed by atoms with Crippen LogP contribution in [-0.4, -0.2) is 51.2 Å². The van der Waals surface area contributed by atoms with Gasteiger partial charge in [-0.05, 0) is 61.4 Å². The lowest BCUT2D eigenvalue weighted by Gasteiger charge is -2.29. The Kier molecular flexibility index (Phi) is 6.02. The van der Waals surface area contributed by atoms with Gasteiger partial charge in [0.25, 0.3) is 0 Å². The van der Waals surface area contributed by atoms with E-state index in [9.17, 15) is 0 Å². The fourth-order valence-electron chi connectivity index (χ4n) is 4.53. The van der Waals surface area contributed by atoms with Crippen LogP contribution < -0.4 is 4.90 Å². The number of fused-ring (bicyclic) bond motifs is 1. The van der Waals surface area contributed by atoms with Crippen LogP contribution in [0.2, 0.25) is 0 Å².